The van der Waals surface area contributed by atoms with Crippen molar-refractivity contribution in [3.05, 3.63) is 39.9 Å². The maximum absolute atomic E-state index is 11.9. The van der Waals surface area contributed by atoms with Gasteiger partial charge < -0.3 is 10.4 Å². The van der Waals surface area contributed by atoms with Gasteiger partial charge >= 0.3 is 5.97 Å². The van der Waals surface area contributed by atoms with Crippen LogP contribution in [0.1, 0.15) is 24.8 Å². The minimum atomic E-state index is -0.942. The molecule has 112 valence electrons. The summed E-state index contributed by atoms with van der Waals surface area (Å²) in [6.07, 6.45) is 1.76. The lowest BCUT2D eigenvalue weighted by atomic mass is 10.1. The highest BCUT2D eigenvalue weighted by Crippen LogP contribution is 2.34. The van der Waals surface area contributed by atoms with Gasteiger partial charge in [0.1, 0.15) is 0 Å². The van der Waals surface area contributed by atoms with Gasteiger partial charge in [-0.25, -0.2) is 0 Å². The SMILES string of the molecule is O=C(O)CC(NC(=O)Cc1cccc([N+](=O)[O-])c1)C1CC1. The van der Waals surface area contributed by atoms with Gasteiger partial charge in [0.2, 0.25) is 5.91 Å². The summed E-state index contributed by atoms with van der Waals surface area (Å²) in [6, 6.07) is 5.52. The quantitative estimate of drug-likeness (QED) is 0.584. The lowest BCUT2D eigenvalue weighted by Crippen LogP contribution is -2.38. The smallest absolute Gasteiger partial charge is 0.305 e. The Morgan fingerprint density at radius 1 is 1.43 bits per heavy atom. The van der Waals surface area contributed by atoms with Crippen LogP contribution in [-0.2, 0) is 16.0 Å². The number of amides is 1. The molecule has 1 aliphatic carbocycles. The first-order valence-corrected chi connectivity index (χ1v) is 6.70. The largest absolute Gasteiger partial charge is 0.481 e. The Balaban J connectivity index is 1.95. The molecule has 0 saturated heterocycles. The summed E-state index contributed by atoms with van der Waals surface area (Å²) in [4.78, 5) is 32.9. The Labute approximate surface area is 121 Å². The van der Waals surface area contributed by atoms with Crippen molar-refractivity contribution in [1.29, 1.82) is 0 Å². The maximum atomic E-state index is 11.9. The number of rotatable bonds is 7. The third kappa shape index (κ3) is 4.55. The van der Waals surface area contributed by atoms with Crippen LogP contribution in [0.2, 0.25) is 0 Å². The number of nitrogens with zero attached hydrogens (tertiary/aromatic N) is 1. The van der Waals surface area contributed by atoms with Crippen LogP contribution in [0.3, 0.4) is 0 Å². The first-order chi connectivity index (χ1) is 9.95. The number of aliphatic carboxylic acids is 1. The molecule has 1 amide bonds. The van der Waals surface area contributed by atoms with Crippen LogP contribution in [0, 0.1) is 16.0 Å². The normalized spacial score (nSPS) is 15.2. The zero-order valence-corrected chi connectivity index (χ0v) is 11.3. The highest BCUT2D eigenvalue weighted by molar-refractivity contribution is 5.80. The molecule has 0 spiro atoms. The van der Waals surface area contributed by atoms with Gasteiger partial charge in [-0.15, -0.1) is 0 Å². The molecule has 1 aromatic carbocycles. The van der Waals surface area contributed by atoms with E-state index in [1.54, 1.807) is 6.07 Å². The number of carbonyl (C=O) groups excluding carboxylic acids is 1. The molecule has 2 rings (SSSR count). The van der Waals surface area contributed by atoms with Crippen molar-refractivity contribution in [2.45, 2.75) is 31.7 Å². The van der Waals surface area contributed by atoms with Crippen molar-refractivity contribution >= 4 is 17.6 Å². The standard InChI is InChI=1S/C14H16N2O5/c17-13(15-12(8-14(18)19)10-4-5-10)7-9-2-1-3-11(6-9)16(20)21/h1-3,6,10,12H,4-5,7-8H2,(H,15,17)(H,18,19). The van der Waals surface area contributed by atoms with E-state index in [2.05, 4.69) is 5.32 Å². The topological polar surface area (TPSA) is 110 Å². The summed E-state index contributed by atoms with van der Waals surface area (Å²) in [6.45, 7) is 0. The summed E-state index contributed by atoms with van der Waals surface area (Å²) < 4.78 is 0. The molecule has 1 fully saturated rings. The molecule has 2 N–H and O–H groups in total. The average molecular weight is 292 g/mol. The predicted molar refractivity (Wildman–Crippen MR) is 73.7 cm³/mol. The van der Waals surface area contributed by atoms with Crippen LogP contribution < -0.4 is 5.32 Å². The Kier molecular flexibility index (Phi) is 4.52. The van der Waals surface area contributed by atoms with Gasteiger partial charge in [0, 0.05) is 18.2 Å². The van der Waals surface area contributed by atoms with E-state index >= 15 is 0 Å². The number of hydrogen-bond donors (Lipinski definition) is 2. The highest BCUT2D eigenvalue weighted by Gasteiger charge is 2.33. The zero-order chi connectivity index (χ0) is 15.4. The van der Waals surface area contributed by atoms with Gasteiger partial charge in [-0.3, -0.25) is 19.7 Å². The van der Waals surface area contributed by atoms with Crippen LogP contribution >= 0.6 is 0 Å². The molecule has 7 heteroatoms. The van der Waals surface area contributed by atoms with Crippen LogP contribution in [0.15, 0.2) is 24.3 Å². The summed E-state index contributed by atoms with van der Waals surface area (Å²) in [5.74, 6) is -1.02. The second-order valence-corrected chi connectivity index (χ2v) is 5.21. The van der Waals surface area contributed by atoms with Crippen molar-refractivity contribution in [3.63, 3.8) is 0 Å². The minimum Gasteiger partial charge on any atom is -0.481 e. The molecule has 7 nitrogen and oxygen atoms in total. The van der Waals surface area contributed by atoms with Gasteiger partial charge in [-0.1, -0.05) is 12.1 Å². The summed E-state index contributed by atoms with van der Waals surface area (Å²) >= 11 is 0. The Bertz CT molecular complexity index is 568. The Hall–Kier alpha value is -2.44. The number of nitro benzene ring substituents is 1. The Morgan fingerprint density at radius 2 is 2.14 bits per heavy atom. The second kappa shape index (κ2) is 6.34. The summed E-state index contributed by atoms with van der Waals surface area (Å²) in [5.41, 5.74) is 0.469. The molecular weight excluding hydrogens is 276 g/mol. The molecule has 1 aromatic rings. The first-order valence-electron chi connectivity index (χ1n) is 6.70. The molecular formula is C14H16N2O5. The van der Waals surface area contributed by atoms with Gasteiger partial charge in [0.05, 0.1) is 17.8 Å². The van der Waals surface area contributed by atoms with Crippen molar-refractivity contribution in [2.24, 2.45) is 5.92 Å². The molecule has 0 bridgehead atoms. The van der Waals surface area contributed by atoms with Crippen molar-refractivity contribution < 1.29 is 19.6 Å². The molecule has 1 saturated carbocycles. The van der Waals surface area contributed by atoms with Crippen molar-refractivity contribution in [2.75, 3.05) is 0 Å². The third-order valence-electron chi connectivity index (χ3n) is 3.42. The van der Waals surface area contributed by atoms with E-state index in [1.165, 1.54) is 18.2 Å². The molecule has 0 aromatic heterocycles. The third-order valence-corrected chi connectivity index (χ3v) is 3.42. The van der Waals surface area contributed by atoms with E-state index in [-0.39, 0.29) is 36.4 Å². The molecule has 1 unspecified atom stereocenters. The van der Waals surface area contributed by atoms with Gasteiger partial charge in [-0.05, 0) is 24.3 Å². The molecule has 0 radical (unpaired) electrons. The number of hydrogen-bond acceptors (Lipinski definition) is 4. The summed E-state index contributed by atoms with van der Waals surface area (Å²) in [5, 5.41) is 22.2. The fraction of sp³-hybridized carbons (Fsp3) is 0.429. The molecule has 21 heavy (non-hydrogen) atoms. The lowest BCUT2D eigenvalue weighted by Gasteiger charge is -2.16. The zero-order valence-electron chi connectivity index (χ0n) is 11.3. The van der Waals surface area contributed by atoms with Crippen LogP contribution in [0.5, 0.6) is 0 Å². The maximum Gasteiger partial charge on any atom is 0.305 e. The van der Waals surface area contributed by atoms with Crippen molar-refractivity contribution in [3.8, 4) is 0 Å². The van der Waals surface area contributed by atoms with E-state index in [0.29, 0.717) is 5.56 Å². The summed E-state index contributed by atoms with van der Waals surface area (Å²) in [7, 11) is 0. The number of non-ortho nitro benzene ring substituents is 1. The first kappa shape index (κ1) is 15.0. The van der Waals surface area contributed by atoms with E-state index in [0.717, 1.165) is 12.8 Å². The Morgan fingerprint density at radius 3 is 2.71 bits per heavy atom. The van der Waals surface area contributed by atoms with E-state index < -0.39 is 10.9 Å². The van der Waals surface area contributed by atoms with Crippen LogP contribution in [-0.4, -0.2) is 27.9 Å². The molecule has 0 aliphatic heterocycles. The fourth-order valence-electron chi connectivity index (χ4n) is 2.25. The van der Waals surface area contributed by atoms with Gasteiger partial charge in [-0.2, -0.15) is 0 Å². The number of nitro groups is 1. The molecule has 1 aliphatic rings. The lowest BCUT2D eigenvalue weighted by molar-refractivity contribution is -0.384. The number of carbonyl (C=O) groups is 2. The van der Waals surface area contributed by atoms with Gasteiger partial charge in [0.15, 0.2) is 0 Å². The highest BCUT2D eigenvalue weighted by atomic mass is 16.6. The fourth-order valence-corrected chi connectivity index (χ4v) is 2.25. The number of benzene rings is 1. The van der Waals surface area contributed by atoms with Crippen LogP contribution in [0.4, 0.5) is 5.69 Å². The van der Waals surface area contributed by atoms with Gasteiger partial charge in [0.25, 0.3) is 5.69 Å². The van der Waals surface area contributed by atoms with Crippen LogP contribution in [0.25, 0.3) is 0 Å². The van der Waals surface area contributed by atoms with E-state index in [1.807, 2.05) is 0 Å². The van der Waals surface area contributed by atoms with Crippen molar-refractivity contribution in [1.82, 2.24) is 5.32 Å². The number of carboxylic acid groups (broad SMARTS) is 1. The molecule has 1 atom stereocenters. The van der Waals surface area contributed by atoms with E-state index in [9.17, 15) is 19.7 Å². The predicted octanol–water partition coefficient (Wildman–Crippen LogP) is 1.51. The molecule has 0 heterocycles. The second-order valence-electron chi connectivity index (χ2n) is 5.21. The monoisotopic (exact) mass is 292 g/mol. The minimum absolute atomic E-state index is 0.00448. The number of carboxylic acids is 1. The number of nitrogens with one attached hydrogen (secondary N) is 1. The van der Waals surface area contributed by atoms with E-state index in [4.69, 9.17) is 5.11 Å². The average Bonchev–Trinajstić information content (AvgIpc) is 3.21.